The number of aliphatic carboxylic acids is 1. The van der Waals surface area contributed by atoms with Crippen LogP contribution in [-0.2, 0) is 11.2 Å². The van der Waals surface area contributed by atoms with E-state index in [0.717, 1.165) is 12.1 Å². The molecule has 15 heavy (non-hydrogen) atoms. The van der Waals surface area contributed by atoms with Gasteiger partial charge in [0.2, 0.25) is 0 Å². The van der Waals surface area contributed by atoms with Gasteiger partial charge in [-0.3, -0.25) is 4.79 Å². The minimum atomic E-state index is -3.11. The van der Waals surface area contributed by atoms with Crippen LogP contribution in [0.15, 0.2) is 18.2 Å². The van der Waals surface area contributed by atoms with Crippen molar-refractivity contribution in [3.05, 3.63) is 29.6 Å². The molecule has 0 radical (unpaired) electrons. The molecule has 82 valence electrons. The van der Waals surface area contributed by atoms with Crippen LogP contribution in [0.4, 0.5) is 13.2 Å². The van der Waals surface area contributed by atoms with Gasteiger partial charge in [-0.05, 0) is 17.7 Å². The van der Waals surface area contributed by atoms with Crippen molar-refractivity contribution in [2.24, 2.45) is 0 Å². The molecule has 0 amide bonds. The third kappa shape index (κ3) is 3.49. The summed E-state index contributed by atoms with van der Waals surface area (Å²) in [5.74, 6) is -2.73. The first kappa shape index (κ1) is 11.4. The summed E-state index contributed by atoms with van der Waals surface area (Å²) in [5.41, 5.74) is 0.182. The number of carbonyl (C=O) groups is 1. The van der Waals surface area contributed by atoms with Gasteiger partial charge in [-0.2, -0.15) is 8.78 Å². The first-order valence-corrected chi connectivity index (χ1v) is 3.94. The molecule has 1 N–H and O–H groups in total. The molecule has 1 aromatic rings. The Morgan fingerprint density at radius 2 is 2.13 bits per heavy atom. The molecule has 0 aliphatic rings. The first-order valence-electron chi connectivity index (χ1n) is 3.94. The fraction of sp³-hybridized carbons (Fsp3) is 0.222. The third-order valence-corrected chi connectivity index (χ3v) is 1.57. The fourth-order valence-corrected chi connectivity index (χ4v) is 1.02. The first-order chi connectivity index (χ1) is 6.99. The summed E-state index contributed by atoms with van der Waals surface area (Å²) in [5, 5.41) is 8.40. The maximum atomic E-state index is 13.0. The molecule has 0 bridgehead atoms. The van der Waals surface area contributed by atoms with Crippen LogP contribution in [0.1, 0.15) is 5.56 Å². The van der Waals surface area contributed by atoms with Crippen LogP contribution >= 0.6 is 0 Å². The lowest BCUT2D eigenvalue weighted by Gasteiger charge is -2.06. The Bertz CT molecular complexity index is 366. The molecule has 1 rings (SSSR count). The molecule has 0 aliphatic heterocycles. The highest BCUT2D eigenvalue weighted by Gasteiger charge is 2.11. The lowest BCUT2D eigenvalue weighted by atomic mass is 10.1. The second-order valence-corrected chi connectivity index (χ2v) is 2.71. The van der Waals surface area contributed by atoms with E-state index in [1.165, 1.54) is 6.07 Å². The SMILES string of the molecule is O=C(O)Cc1ccc(OC(F)F)c(F)c1. The predicted octanol–water partition coefficient (Wildman–Crippen LogP) is 2.05. The average Bonchev–Trinajstić information content (AvgIpc) is 2.08. The maximum absolute atomic E-state index is 13.0. The van der Waals surface area contributed by atoms with Crippen molar-refractivity contribution in [2.45, 2.75) is 13.0 Å². The Labute approximate surface area is 83.1 Å². The van der Waals surface area contributed by atoms with Gasteiger partial charge < -0.3 is 9.84 Å². The molecule has 0 aliphatic carbocycles. The summed E-state index contributed by atoms with van der Waals surface area (Å²) >= 11 is 0. The smallest absolute Gasteiger partial charge is 0.387 e. The van der Waals surface area contributed by atoms with E-state index >= 15 is 0 Å². The number of benzene rings is 1. The summed E-state index contributed by atoms with van der Waals surface area (Å²) in [7, 11) is 0. The van der Waals surface area contributed by atoms with Gasteiger partial charge in [-0.25, -0.2) is 4.39 Å². The van der Waals surface area contributed by atoms with E-state index in [4.69, 9.17) is 5.11 Å². The van der Waals surface area contributed by atoms with E-state index in [-0.39, 0.29) is 12.0 Å². The number of halogens is 3. The molecule has 0 heterocycles. The third-order valence-electron chi connectivity index (χ3n) is 1.57. The van der Waals surface area contributed by atoms with Crippen LogP contribution in [-0.4, -0.2) is 17.7 Å². The van der Waals surface area contributed by atoms with Gasteiger partial charge in [0, 0.05) is 0 Å². The molecule has 0 unspecified atom stereocenters. The fourth-order valence-electron chi connectivity index (χ4n) is 1.02. The number of ether oxygens (including phenoxy) is 1. The molecule has 1 aromatic carbocycles. The van der Waals surface area contributed by atoms with Crippen LogP contribution in [0.5, 0.6) is 5.75 Å². The van der Waals surface area contributed by atoms with Crippen molar-refractivity contribution < 1.29 is 27.8 Å². The molecular weight excluding hydrogens is 213 g/mol. The number of hydrogen-bond acceptors (Lipinski definition) is 2. The highest BCUT2D eigenvalue weighted by molar-refractivity contribution is 5.70. The Morgan fingerprint density at radius 1 is 1.47 bits per heavy atom. The summed E-state index contributed by atoms with van der Waals surface area (Å²) in [6, 6.07) is 3.04. The van der Waals surface area contributed by atoms with Crippen molar-refractivity contribution in [1.29, 1.82) is 0 Å². The number of rotatable bonds is 4. The van der Waals surface area contributed by atoms with Crippen molar-refractivity contribution in [2.75, 3.05) is 0 Å². The van der Waals surface area contributed by atoms with Crippen LogP contribution in [0, 0.1) is 5.82 Å². The van der Waals surface area contributed by atoms with Gasteiger partial charge in [0.05, 0.1) is 6.42 Å². The maximum Gasteiger partial charge on any atom is 0.387 e. The molecule has 0 aromatic heterocycles. The van der Waals surface area contributed by atoms with Crippen LogP contribution < -0.4 is 4.74 Å². The summed E-state index contributed by atoms with van der Waals surface area (Å²) in [6.45, 7) is -3.11. The largest absolute Gasteiger partial charge is 0.481 e. The molecule has 0 atom stereocenters. The summed E-state index contributed by atoms with van der Waals surface area (Å²) in [4.78, 5) is 10.3. The molecular formula is C9H7F3O3. The van der Waals surface area contributed by atoms with Crippen LogP contribution in [0.2, 0.25) is 0 Å². The van der Waals surface area contributed by atoms with Crippen LogP contribution in [0.25, 0.3) is 0 Å². The van der Waals surface area contributed by atoms with Gasteiger partial charge in [-0.15, -0.1) is 0 Å². The Morgan fingerprint density at radius 3 is 2.60 bits per heavy atom. The Balaban J connectivity index is 2.83. The number of alkyl halides is 2. The highest BCUT2D eigenvalue weighted by Crippen LogP contribution is 2.20. The zero-order chi connectivity index (χ0) is 11.4. The van der Waals surface area contributed by atoms with E-state index in [0.29, 0.717) is 0 Å². The minimum Gasteiger partial charge on any atom is -0.481 e. The lowest BCUT2D eigenvalue weighted by Crippen LogP contribution is -2.05. The van der Waals surface area contributed by atoms with Gasteiger partial charge in [-0.1, -0.05) is 6.07 Å². The summed E-state index contributed by atoms with van der Waals surface area (Å²) < 4.78 is 40.3. The normalized spacial score (nSPS) is 10.4. The molecule has 0 fully saturated rings. The number of carboxylic acids is 1. The average molecular weight is 220 g/mol. The van der Waals surface area contributed by atoms with Gasteiger partial charge in [0.25, 0.3) is 0 Å². The van der Waals surface area contributed by atoms with Crippen LogP contribution in [0.3, 0.4) is 0 Å². The Hall–Kier alpha value is -1.72. The van der Waals surface area contributed by atoms with Crippen molar-refractivity contribution >= 4 is 5.97 Å². The second kappa shape index (κ2) is 4.68. The van der Waals surface area contributed by atoms with Gasteiger partial charge in [0.15, 0.2) is 11.6 Å². The second-order valence-electron chi connectivity index (χ2n) is 2.71. The lowest BCUT2D eigenvalue weighted by molar-refractivity contribution is -0.136. The monoisotopic (exact) mass is 220 g/mol. The molecule has 6 heteroatoms. The minimum absolute atomic E-state index is 0.182. The summed E-state index contributed by atoms with van der Waals surface area (Å²) in [6.07, 6.45) is -0.369. The van der Waals surface area contributed by atoms with E-state index in [9.17, 15) is 18.0 Å². The van der Waals surface area contributed by atoms with E-state index in [1.54, 1.807) is 0 Å². The number of carboxylic acid groups (broad SMARTS) is 1. The van der Waals surface area contributed by atoms with E-state index in [2.05, 4.69) is 4.74 Å². The van der Waals surface area contributed by atoms with Crippen molar-refractivity contribution in [3.63, 3.8) is 0 Å². The molecule has 0 saturated heterocycles. The standard InChI is InChI=1S/C9H7F3O3/c10-6-3-5(4-8(13)14)1-2-7(6)15-9(11)12/h1-3,9H,4H2,(H,13,14). The molecule has 3 nitrogen and oxygen atoms in total. The zero-order valence-corrected chi connectivity index (χ0v) is 7.41. The molecule has 0 saturated carbocycles. The van der Waals surface area contributed by atoms with Crippen molar-refractivity contribution in [3.8, 4) is 5.75 Å². The van der Waals surface area contributed by atoms with Gasteiger partial charge in [0.1, 0.15) is 0 Å². The van der Waals surface area contributed by atoms with E-state index < -0.39 is 24.1 Å². The Kier molecular flexibility index (Phi) is 3.54. The molecule has 0 spiro atoms. The van der Waals surface area contributed by atoms with E-state index in [1.807, 2.05) is 0 Å². The quantitative estimate of drug-likeness (QED) is 0.844. The highest BCUT2D eigenvalue weighted by atomic mass is 19.3. The predicted molar refractivity (Wildman–Crippen MR) is 44.4 cm³/mol. The topological polar surface area (TPSA) is 46.5 Å². The zero-order valence-electron chi connectivity index (χ0n) is 7.41. The van der Waals surface area contributed by atoms with Crippen molar-refractivity contribution in [1.82, 2.24) is 0 Å². The number of hydrogen-bond donors (Lipinski definition) is 1. The van der Waals surface area contributed by atoms with Gasteiger partial charge >= 0.3 is 12.6 Å².